The molecule has 0 saturated carbocycles. The van der Waals surface area contributed by atoms with E-state index in [1.54, 1.807) is 0 Å². The number of rotatable bonds is 1. The number of nitrogens with zero attached hydrogens (tertiary/aromatic N) is 1. The van der Waals surface area contributed by atoms with Crippen molar-refractivity contribution in [1.29, 1.82) is 0 Å². The molecule has 3 N–H and O–H groups in total. The molecule has 0 atom stereocenters. The van der Waals surface area contributed by atoms with Crippen molar-refractivity contribution in [2.45, 2.75) is 6.61 Å². The van der Waals surface area contributed by atoms with Crippen LogP contribution >= 0.6 is 0 Å². The fourth-order valence-corrected chi connectivity index (χ4v) is 2.08. The summed E-state index contributed by atoms with van der Waals surface area (Å²) < 4.78 is 0. The molecule has 0 bridgehead atoms. The van der Waals surface area contributed by atoms with Gasteiger partial charge in [0.25, 0.3) is 0 Å². The van der Waals surface area contributed by atoms with E-state index in [0.29, 0.717) is 11.3 Å². The monoisotopic (exact) mass is 224 g/mol. The minimum absolute atomic E-state index is 0.0888. The summed E-state index contributed by atoms with van der Waals surface area (Å²) in [5.74, 6) is 0. The molecule has 3 rings (SSSR count). The van der Waals surface area contributed by atoms with Crippen LogP contribution in [0.25, 0.3) is 21.8 Å². The Morgan fingerprint density at radius 3 is 2.71 bits per heavy atom. The van der Waals surface area contributed by atoms with Crippen LogP contribution in [0.5, 0.6) is 0 Å². The van der Waals surface area contributed by atoms with Crippen LogP contribution in [-0.2, 0) is 6.61 Å². The number of aliphatic hydroxyl groups is 1. The van der Waals surface area contributed by atoms with Gasteiger partial charge in [-0.2, -0.15) is 0 Å². The van der Waals surface area contributed by atoms with Crippen LogP contribution in [-0.4, -0.2) is 10.1 Å². The lowest BCUT2D eigenvalue weighted by Gasteiger charge is -2.08. The molecule has 3 nitrogen and oxygen atoms in total. The molecule has 84 valence electrons. The normalized spacial score (nSPS) is 11.1. The summed E-state index contributed by atoms with van der Waals surface area (Å²) in [4.78, 5) is 4.57. The Hall–Kier alpha value is -2.13. The summed E-state index contributed by atoms with van der Waals surface area (Å²) in [7, 11) is 0. The van der Waals surface area contributed by atoms with Crippen LogP contribution in [0, 0.1) is 0 Å². The van der Waals surface area contributed by atoms with Gasteiger partial charge in [-0.25, -0.2) is 4.98 Å². The van der Waals surface area contributed by atoms with Gasteiger partial charge in [-0.1, -0.05) is 24.3 Å². The predicted molar refractivity (Wildman–Crippen MR) is 69.6 cm³/mol. The Morgan fingerprint density at radius 2 is 1.88 bits per heavy atom. The quantitative estimate of drug-likeness (QED) is 0.493. The van der Waals surface area contributed by atoms with Gasteiger partial charge in [-0.15, -0.1) is 0 Å². The van der Waals surface area contributed by atoms with Crippen LogP contribution in [0.4, 0.5) is 5.69 Å². The van der Waals surface area contributed by atoms with Gasteiger partial charge in [0, 0.05) is 22.0 Å². The highest BCUT2D eigenvalue weighted by molar-refractivity contribution is 5.95. The smallest absolute Gasteiger partial charge is 0.0785 e. The second kappa shape index (κ2) is 3.71. The van der Waals surface area contributed by atoms with E-state index in [0.717, 1.165) is 21.8 Å². The maximum Gasteiger partial charge on any atom is 0.0785 e. The molecule has 1 aromatic heterocycles. The summed E-state index contributed by atoms with van der Waals surface area (Å²) in [5.41, 5.74) is 8.83. The number of anilines is 1. The zero-order chi connectivity index (χ0) is 11.8. The van der Waals surface area contributed by atoms with E-state index in [2.05, 4.69) is 11.1 Å². The van der Waals surface area contributed by atoms with Gasteiger partial charge >= 0.3 is 0 Å². The van der Waals surface area contributed by atoms with Gasteiger partial charge < -0.3 is 10.8 Å². The van der Waals surface area contributed by atoms with E-state index in [-0.39, 0.29) is 6.61 Å². The van der Waals surface area contributed by atoms with E-state index in [1.807, 2.05) is 36.4 Å². The summed E-state index contributed by atoms with van der Waals surface area (Å²) in [6, 6.07) is 13.7. The van der Waals surface area contributed by atoms with Crippen molar-refractivity contribution in [1.82, 2.24) is 4.98 Å². The molecule has 3 heteroatoms. The van der Waals surface area contributed by atoms with Crippen LogP contribution < -0.4 is 5.73 Å². The largest absolute Gasteiger partial charge is 0.398 e. The van der Waals surface area contributed by atoms with E-state index in [1.165, 1.54) is 0 Å². The number of hydrogen-bond acceptors (Lipinski definition) is 3. The summed E-state index contributed by atoms with van der Waals surface area (Å²) >= 11 is 0. The zero-order valence-corrected chi connectivity index (χ0v) is 9.22. The van der Waals surface area contributed by atoms with Crippen molar-refractivity contribution in [3.63, 3.8) is 0 Å². The minimum Gasteiger partial charge on any atom is -0.398 e. The lowest BCUT2D eigenvalue weighted by molar-refractivity contribution is 0.284. The van der Waals surface area contributed by atoms with E-state index in [4.69, 9.17) is 5.73 Å². The highest BCUT2D eigenvalue weighted by atomic mass is 16.3. The predicted octanol–water partition coefficient (Wildman–Crippen LogP) is 2.46. The molecule has 17 heavy (non-hydrogen) atoms. The fraction of sp³-hybridized carbons (Fsp3) is 0.0714. The standard InChI is InChI=1S/C14H12N2O/c15-12-6-5-10-7-9-3-1-2-4-13(9)16-14(10)11(12)8-17/h1-7,17H,8,15H2. The second-order valence-electron chi connectivity index (χ2n) is 4.04. The maximum absolute atomic E-state index is 9.37. The SMILES string of the molecule is Nc1ccc2cc3ccccc3nc2c1CO. The number of fused-ring (bicyclic) bond motifs is 2. The topological polar surface area (TPSA) is 59.1 Å². The Bertz CT molecular complexity index is 707. The van der Waals surface area contributed by atoms with E-state index < -0.39 is 0 Å². The third kappa shape index (κ3) is 1.52. The third-order valence-corrected chi connectivity index (χ3v) is 2.99. The van der Waals surface area contributed by atoms with Gasteiger partial charge in [0.15, 0.2) is 0 Å². The summed E-state index contributed by atoms with van der Waals surface area (Å²) in [6.07, 6.45) is 0. The molecule has 0 fully saturated rings. The van der Waals surface area contributed by atoms with Crippen molar-refractivity contribution in [2.24, 2.45) is 0 Å². The Labute approximate surface area is 98.5 Å². The lowest BCUT2D eigenvalue weighted by atomic mass is 10.1. The van der Waals surface area contributed by atoms with E-state index >= 15 is 0 Å². The van der Waals surface area contributed by atoms with Gasteiger partial charge in [-0.3, -0.25) is 0 Å². The van der Waals surface area contributed by atoms with Gasteiger partial charge in [0.1, 0.15) is 0 Å². The molecule has 0 radical (unpaired) electrons. The highest BCUT2D eigenvalue weighted by Crippen LogP contribution is 2.26. The molecule has 0 aliphatic carbocycles. The maximum atomic E-state index is 9.37. The molecule has 0 aliphatic rings. The first-order valence-electron chi connectivity index (χ1n) is 5.47. The molecule has 0 spiro atoms. The molecular weight excluding hydrogens is 212 g/mol. The van der Waals surface area contributed by atoms with Crippen LogP contribution in [0.1, 0.15) is 5.56 Å². The first-order valence-corrected chi connectivity index (χ1v) is 5.47. The van der Waals surface area contributed by atoms with E-state index in [9.17, 15) is 5.11 Å². The number of para-hydroxylation sites is 1. The Morgan fingerprint density at radius 1 is 1.06 bits per heavy atom. The highest BCUT2D eigenvalue weighted by Gasteiger charge is 2.07. The number of aliphatic hydroxyl groups excluding tert-OH is 1. The van der Waals surface area contributed by atoms with Crippen molar-refractivity contribution >= 4 is 27.5 Å². The third-order valence-electron chi connectivity index (χ3n) is 2.99. The average molecular weight is 224 g/mol. The van der Waals surface area contributed by atoms with Crippen LogP contribution in [0.15, 0.2) is 42.5 Å². The molecule has 1 heterocycles. The number of nitrogen functional groups attached to an aromatic ring is 1. The molecule has 0 unspecified atom stereocenters. The molecule has 0 saturated heterocycles. The average Bonchev–Trinajstić information content (AvgIpc) is 2.36. The zero-order valence-electron chi connectivity index (χ0n) is 9.22. The van der Waals surface area contributed by atoms with Crippen molar-refractivity contribution in [2.75, 3.05) is 5.73 Å². The lowest BCUT2D eigenvalue weighted by Crippen LogP contribution is -1.97. The van der Waals surface area contributed by atoms with Crippen molar-refractivity contribution in [3.05, 3.63) is 48.0 Å². The molecule has 3 aromatic rings. The number of hydrogen-bond donors (Lipinski definition) is 2. The summed E-state index contributed by atoms with van der Waals surface area (Å²) in [6.45, 7) is -0.0888. The molecule has 0 amide bonds. The van der Waals surface area contributed by atoms with Crippen LogP contribution in [0.2, 0.25) is 0 Å². The van der Waals surface area contributed by atoms with Crippen molar-refractivity contribution in [3.8, 4) is 0 Å². The van der Waals surface area contributed by atoms with Crippen LogP contribution in [0.3, 0.4) is 0 Å². The van der Waals surface area contributed by atoms with Gasteiger partial charge in [0.2, 0.25) is 0 Å². The first kappa shape index (κ1) is 10.1. The molecule has 2 aromatic carbocycles. The Balaban J connectivity index is 2.47. The number of pyridine rings is 1. The van der Waals surface area contributed by atoms with Gasteiger partial charge in [0.05, 0.1) is 17.6 Å². The molecule has 0 aliphatic heterocycles. The number of benzene rings is 2. The minimum atomic E-state index is -0.0888. The number of aromatic nitrogens is 1. The Kier molecular flexibility index (Phi) is 2.20. The second-order valence-corrected chi connectivity index (χ2v) is 4.04. The van der Waals surface area contributed by atoms with Crippen molar-refractivity contribution < 1.29 is 5.11 Å². The first-order chi connectivity index (χ1) is 8.29. The summed E-state index contributed by atoms with van der Waals surface area (Å²) in [5, 5.41) is 11.5. The number of nitrogens with two attached hydrogens (primary N) is 1. The van der Waals surface area contributed by atoms with Gasteiger partial charge in [-0.05, 0) is 18.2 Å². The molecular formula is C14H12N2O. The fourth-order valence-electron chi connectivity index (χ4n) is 2.08.